The first-order valence-corrected chi connectivity index (χ1v) is 5.43. The zero-order chi connectivity index (χ0) is 9.97. The van der Waals surface area contributed by atoms with Gasteiger partial charge >= 0.3 is 0 Å². The summed E-state index contributed by atoms with van der Waals surface area (Å²) in [4.78, 5) is 4.41. The van der Waals surface area contributed by atoms with E-state index in [4.69, 9.17) is 5.73 Å². The molecule has 0 unspecified atom stereocenters. The molecule has 2 aromatic heterocycles. The van der Waals surface area contributed by atoms with Crippen LogP contribution in [-0.2, 0) is 0 Å². The van der Waals surface area contributed by atoms with E-state index in [0.29, 0.717) is 0 Å². The Morgan fingerprint density at radius 3 is 2.86 bits per heavy atom. The minimum absolute atomic E-state index is 0.0962. The largest absolute Gasteiger partial charge is 0.319 e. The number of hydrogen-bond acceptors (Lipinski definition) is 3. The summed E-state index contributed by atoms with van der Waals surface area (Å²) in [5.41, 5.74) is 9.15. The molecule has 2 N–H and O–H groups in total. The van der Waals surface area contributed by atoms with Crippen molar-refractivity contribution in [2.45, 2.75) is 13.0 Å². The summed E-state index contributed by atoms with van der Waals surface area (Å²) in [5, 5.41) is 4.10. The van der Waals surface area contributed by atoms with Gasteiger partial charge in [0.25, 0.3) is 0 Å². The molecule has 0 radical (unpaired) electrons. The third-order valence-electron chi connectivity index (χ3n) is 2.13. The molecule has 2 aromatic rings. The van der Waals surface area contributed by atoms with Crippen LogP contribution in [0.5, 0.6) is 0 Å². The third-order valence-corrected chi connectivity index (χ3v) is 2.83. The number of nitrogens with two attached hydrogens (primary N) is 1. The minimum Gasteiger partial charge on any atom is -0.319 e. The molecular weight excluding hydrogens is 192 g/mol. The van der Waals surface area contributed by atoms with Gasteiger partial charge < -0.3 is 5.73 Å². The molecular formula is C11H12N2S. The van der Waals surface area contributed by atoms with Crippen molar-refractivity contribution in [1.29, 1.82) is 0 Å². The summed E-state index contributed by atoms with van der Waals surface area (Å²) < 4.78 is 0. The van der Waals surface area contributed by atoms with Crippen molar-refractivity contribution < 1.29 is 0 Å². The number of pyridine rings is 1. The summed E-state index contributed by atoms with van der Waals surface area (Å²) in [6, 6.07) is 7.88. The molecule has 0 spiro atoms. The van der Waals surface area contributed by atoms with Crippen LogP contribution in [0.4, 0.5) is 0 Å². The monoisotopic (exact) mass is 204 g/mol. The van der Waals surface area contributed by atoms with Crippen LogP contribution in [0.3, 0.4) is 0 Å². The lowest BCUT2D eigenvalue weighted by molar-refractivity contribution is 0.825. The molecule has 0 saturated carbocycles. The molecule has 14 heavy (non-hydrogen) atoms. The minimum atomic E-state index is -0.0962. The number of rotatable bonds is 2. The van der Waals surface area contributed by atoms with Gasteiger partial charge in [-0.05, 0) is 41.4 Å². The van der Waals surface area contributed by atoms with Gasteiger partial charge in [0.15, 0.2) is 0 Å². The van der Waals surface area contributed by atoms with Gasteiger partial charge in [-0.15, -0.1) is 0 Å². The number of nitrogens with zero attached hydrogens (tertiary/aromatic N) is 1. The van der Waals surface area contributed by atoms with E-state index in [-0.39, 0.29) is 6.04 Å². The maximum Gasteiger partial charge on any atom is 0.0734 e. The Morgan fingerprint density at radius 1 is 1.36 bits per heavy atom. The fraction of sp³-hybridized carbons (Fsp3) is 0.182. The quantitative estimate of drug-likeness (QED) is 0.816. The number of thiophene rings is 1. The molecule has 72 valence electrons. The molecule has 0 aliphatic carbocycles. The van der Waals surface area contributed by atoms with Crippen LogP contribution >= 0.6 is 11.3 Å². The molecule has 0 bridgehead atoms. The van der Waals surface area contributed by atoms with E-state index in [9.17, 15) is 0 Å². The summed E-state index contributed by atoms with van der Waals surface area (Å²) in [7, 11) is 0. The van der Waals surface area contributed by atoms with Gasteiger partial charge in [0.2, 0.25) is 0 Å². The average molecular weight is 204 g/mol. The van der Waals surface area contributed by atoms with Crippen molar-refractivity contribution in [1.82, 2.24) is 4.98 Å². The van der Waals surface area contributed by atoms with Crippen LogP contribution in [0.15, 0.2) is 35.0 Å². The number of aromatic nitrogens is 1. The van der Waals surface area contributed by atoms with Crippen LogP contribution in [0.2, 0.25) is 0 Å². The van der Waals surface area contributed by atoms with Gasteiger partial charge in [-0.1, -0.05) is 6.07 Å². The van der Waals surface area contributed by atoms with Crippen molar-refractivity contribution in [3.05, 3.63) is 52.0 Å². The number of hydrogen-bond donors (Lipinski definition) is 1. The van der Waals surface area contributed by atoms with Crippen molar-refractivity contribution in [2.75, 3.05) is 0 Å². The van der Waals surface area contributed by atoms with Crippen LogP contribution < -0.4 is 5.73 Å². The van der Waals surface area contributed by atoms with E-state index in [1.165, 1.54) is 0 Å². The van der Waals surface area contributed by atoms with Crippen molar-refractivity contribution >= 4 is 11.3 Å². The van der Waals surface area contributed by atoms with Crippen molar-refractivity contribution in [3.8, 4) is 0 Å². The molecule has 1 atom stereocenters. The van der Waals surface area contributed by atoms with E-state index in [1.54, 1.807) is 11.3 Å². The Hall–Kier alpha value is -1.19. The molecule has 0 aliphatic heterocycles. The summed E-state index contributed by atoms with van der Waals surface area (Å²) in [6.07, 6.45) is 0. The summed E-state index contributed by atoms with van der Waals surface area (Å²) in [5.74, 6) is 0. The lowest BCUT2D eigenvalue weighted by atomic mass is 10.1. The Balaban J connectivity index is 2.32. The molecule has 0 fully saturated rings. The normalized spacial score (nSPS) is 12.7. The molecule has 0 amide bonds. The van der Waals surface area contributed by atoms with Crippen molar-refractivity contribution in [3.63, 3.8) is 0 Å². The highest BCUT2D eigenvalue weighted by Gasteiger charge is 2.09. The zero-order valence-corrected chi connectivity index (χ0v) is 8.79. The zero-order valence-electron chi connectivity index (χ0n) is 7.97. The lowest BCUT2D eigenvalue weighted by Crippen LogP contribution is -2.12. The van der Waals surface area contributed by atoms with E-state index in [0.717, 1.165) is 17.0 Å². The second-order valence-electron chi connectivity index (χ2n) is 3.24. The standard InChI is InChI=1S/C11H12N2S/c1-8-3-2-4-10(13-8)11(12)9-5-6-14-7-9/h2-7,11H,12H2,1H3/t11-/m0/s1. The van der Waals surface area contributed by atoms with Crippen LogP contribution in [-0.4, -0.2) is 4.98 Å². The number of aryl methyl sites for hydroxylation is 1. The topological polar surface area (TPSA) is 38.9 Å². The second-order valence-corrected chi connectivity index (χ2v) is 4.02. The second kappa shape index (κ2) is 3.90. The first-order chi connectivity index (χ1) is 6.77. The maximum absolute atomic E-state index is 6.07. The van der Waals surface area contributed by atoms with Crippen LogP contribution in [0, 0.1) is 6.92 Å². The van der Waals surface area contributed by atoms with E-state index in [1.807, 2.05) is 36.6 Å². The van der Waals surface area contributed by atoms with Gasteiger partial charge in [0, 0.05) is 5.69 Å². The van der Waals surface area contributed by atoms with Gasteiger partial charge in [-0.3, -0.25) is 4.98 Å². The molecule has 2 heterocycles. The van der Waals surface area contributed by atoms with E-state index < -0.39 is 0 Å². The van der Waals surface area contributed by atoms with Crippen LogP contribution in [0.25, 0.3) is 0 Å². The fourth-order valence-electron chi connectivity index (χ4n) is 1.36. The molecule has 0 saturated heterocycles. The van der Waals surface area contributed by atoms with Gasteiger partial charge in [-0.25, -0.2) is 0 Å². The average Bonchev–Trinajstić information content (AvgIpc) is 2.69. The van der Waals surface area contributed by atoms with Gasteiger partial charge in [0.1, 0.15) is 0 Å². The van der Waals surface area contributed by atoms with Crippen molar-refractivity contribution in [2.24, 2.45) is 5.73 Å². The third kappa shape index (κ3) is 1.84. The molecule has 0 aromatic carbocycles. The summed E-state index contributed by atoms with van der Waals surface area (Å²) in [6.45, 7) is 1.98. The van der Waals surface area contributed by atoms with E-state index in [2.05, 4.69) is 10.4 Å². The maximum atomic E-state index is 6.07. The van der Waals surface area contributed by atoms with Gasteiger partial charge in [0.05, 0.1) is 11.7 Å². The van der Waals surface area contributed by atoms with Crippen LogP contribution in [0.1, 0.15) is 23.0 Å². The highest BCUT2D eigenvalue weighted by molar-refractivity contribution is 7.07. The smallest absolute Gasteiger partial charge is 0.0734 e. The molecule has 2 nitrogen and oxygen atoms in total. The summed E-state index contributed by atoms with van der Waals surface area (Å²) >= 11 is 1.66. The predicted octanol–water partition coefficient (Wildman–Crippen LogP) is 2.50. The molecule has 3 heteroatoms. The SMILES string of the molecule is Cc1cccc([C@@H](N)c2ccsc2)n1. The predicted molar refractivity (Wildman–Crippen MR) is 59.3 cm³/mol. The highest BCUT2D eigenvalue weighted by atomic mass is 32.1. The van der Waals surface area contributed by atoms with E-state index >= 15 is 0 Å². The van der Waals surface area contributed by atoms with Gasteiger partial charge in [-0.2, -0.15) is 11.3 Å². The Bertz CT molecular complexity index is 409. The Kier molecular flexibility index (Phi) is 2.61. The molecule has 2 rings (SSSR count). The first kappa shape index (κ1) is 9.37. The Labute approximate surface area is 87.4 Å². The highest BCUT2D eigenvalue weighted by Crippen LogP contribution is 2.19. The Morgan fingerprint density at radius 2 is 2.21 bits per heavy atom. The fourth-order valence-corrected chi connectivity index (χ4v) is 2.06. The lowest BCUT2D eigenvalue weighted by Gasteiger charge is -2.09. The first-order valence-electron chi connectivity index (χ1n) is 4.48. The molecule has 0 aliphatic rings.